The maximum Gasteiger partial charge on any atom is 0.323 e. The molecular formula is C14H21N3O3. The van der Waals surface area contributed by atoms with Crippen molar-refractivity contribution >= 4 is 11.0 Å². The summed E-state index contributed by atoms with van der Waals surface area (Å²) in [5.74, 6) is 0. The third kappa shape index (κ3) is 3.93. The Hall–Kier alpha value is -1.63. The minimum Gasteiger partial charge on any atom is -0.394 e. The van der Waals surface area contributed by atoms with Crippen LogP contribution in [0.1, 0.15) is 24.9 Å². The van der Waals surface area contributed by atoms with Crippen molar-refractivity contribution in [1.29, 1.82) is 0 Å². The zero-order valence-corrected chi connectivity index (χ0v) is 11.6. The highest BCUT2D eigenvalue weighted by Gasteiger charge is 2.06. The maximum atomic E-state index is 11.2. The number of ether oxygens (including phenoxy) is 1. The highest BCUT2D eigenvalue weighted by Crippen LogP contribution is 2.16. The summed E-state index contributed by atoms with van der Waals surface area (Å²) in [5, 5.41) is 12.0. The van der Waals surface area contributed by atoms with Crippen LogP contribution in [0.3, 0.4) is 0 Å². The number of fused-ring (bicyclic) bond motifs is 1. The van der Waals surface area contributed by atoms with Crippen molar-refractivity contribution in [1.82, 2.24) is 15.3 Å². The van der Waals surface area contributed by atoms with E-state index in [-0.39, 0.29) is 18.3 Å². The van der Waals surface area contributed by atoms with Crippen molar-refractivity contribution < 1.29 is 9.84 Å². The predicted molar refractivity (Wildman–Crippen MR) is 77.9 cm³/mol. The Labute approximate surface area is 117 Å². The van der Waals surface area contributed by atoms with E-state index < -0.39 is 0 Å². The van der Waals surface area contributed by atoms with Crippen molar-refractivity contribution in [2.24, 2.45) is 0 Å². The van der Waals surface area contributed by atoms with Gasteiger partial charge in [-0.3, -0.25) is 0 Å². The number of benzene rings is 1. The first-order valence-electron chi connectivity index (χ1n) is 6.84. The number of aromatic nitrogens is 2. The molecular weight excluding hydrogens is 258 g/mol. The zero-order valence-electron chi connectivity index (χ0n) is 11.6. The first-order chi connectivity index (χ1) is 9.70. The largest absolute Gasteiger partial charge is 0.394 e. The van der Waals surface area contributed by atoms with E-state index in [2.05, 4.69) is 22.2 Å². The van der Waals surface area contributed by atoms with Gasteiger partial charge in [0.25, 0.3) is 0 Å². The van der Waals surface area contributed by atoms with Crippen LogP contribution in [0.25, 0.3) is 11.0 Å². The second kappa shape index (κ2) is 7.23. The molecule has 0 amide bonds. The van der Waals surface area contributed by atoms with Gasteiger partial charge in [-0.1, -0.05) is 6.07 Å². The minimum atomic E-state index is -0.182. The van der Waals surface area contributed by atoms with E-state index in [4.69, 9.17) is 9.84 Å². The Morgan fingerprint density at radius 1 is 1.30 bits per heavy atom. The molecule has 0 fully saturated rings. The molecule has 0 aliphatic heterocycles. The quantitative estimate of drug-likeness (QED) is 0.541. The number of aliphatic hydroxyl groups is 1. The van der Waals surface area contributed by atoms with Crippen molar-refractivity contribution in [2.75, 3.05) is 26.4 Å². The number of H-pyrrole nitrogens is 2. The molecule has 2 rings (SSSR count). The van der Waals surface area contributed by atoms with Crippen LogP contribution in [0.4, 0.5) is 0 Å². The Balaban J connectivity index is 1.84. The molecule has 0 aliphatic carbocycles. The molecule has 110 valence electrons. The van der Waals surface area contributed by atoms with Crippen LogP contribution in [0.2, 0.25) is 0 Å². The lowest BCUT2D eigenvalue weighted by molar-refractivity contribution is 0.0904. The lowest BCUT2D eigenvalue weighted by Gasteiger charge is -2.14. The van der Waals surface area contributed by atoms with E-state index in [1.165, 1.54) is 0 Å². The van der Waals surface area contributed by atoms with Gasteiger partial charge in [-0.05, 0) is 37.6 Å². The Morgan fingerprint density at radius 3 is 2.90 bits per heavy atom. The number of hydrogen-bond acceptors (Lipinski definition) is 4. The molecule has 1 unspecified atom stereocenters. The van der Waals surface area contributed by atoms with Gasteiger partial charge in [0.1, 0.15) is 0 Å². The molecule has 0 saturated heterocycles. The van der Waals surface area contributed by atoms with E-state index in [1.807, 2.05) is 18.2 Å². The van der Waals surface area contributed by atoms with Gasteiger partial charge in [0.15, 0.2) is 0 Å². The molecule has 0 spiro atoms. The Morgan fingerprint density at radius 2 is 2.10 bits per heavy atom. The summed E-state index contributed by atoms with van der Waals surface area (Å²) in [6.07, 6.45) is 0.896. The fourth-order valence-corrected chi connectivity index (χ4v) is 2.10. The SMILES string of the molecule is CC(NCCCOCCO)c1ccc2[nH]c(=O)[nH]c2c1. The summed E-state index contributed by atoms with van der Waals surface area (Å²) in [7, 11) is 0. The van der Waals surface area contributed by atoms with E-state index in [0.29, 0.717) is 13.2 Å². The van der Waals surface area contributed by atoms with Gasteiger partial charge in [-0.2, -0.15) is 0 Å². The van der Waals surface area contributed by atoms with Crippen LogP contribution in [0.5, 0.6) is 0 Å². The number of aromatic amines is 2. The standard InChI is InChI=1S/C14H21N3O3/c1-10(15-5-2-7-20-8-6-18)11-3-4-12-13(9-11)17-14(19)16-12/h3-4,9-10,15,18H,2,5-8H2,1H3,(H2,16,17,19). The Bertz CT molecular complexity index is 591. The number of nitrogens with one attached hydrogen (secondary N) is 3. The van der Waals surface area contributed by atoms with Gasteiger partial charge in [0, 0.05) is 12.6 Å². The van der Waals surface area contributed by atoms with Crippen LogP contribution in [0.15, 0.2) is 23.0 Å². The molecule has 2 aromatic rings. The summed E-state index contributed by atoms with van der Waals surface area (Å²) in [6.45, 7) is 4.03. The molecule has 1 aromatic carbocycles. The van der Waals surface area contributed by atoms with Gasteiger partial charge < -0.3 is 25.1 Å². The molecule has 0 aliphatic rings. The molecule has 1 heterocycles. The molecule has 1 atom stereocenters. The minimum absolute atomic E-state index is 0.0682. The molecule has 0 bridgehead atoms. The highest BCUT2D eigenvalue weighted by atomic mass is 16.5. The van der Waals surface area contributed by atoms with Crippen molar-refractivity contribution in [3.05, 3.63) is 34.2 Å². The summed E-state index contributed by atoms with van der Waals surface area (Å²) < 4.78 is 5.20. The van der Waals surface area contributed by atoms with E-state index in [1.54, 1.807) is 0 Å². The van der Waals surface area contributed by atoms with Crippen LogP contribution >= 0.6 is 0 Å². The van der Waals surface area contributed by atoms with Crippen molar-refractivity contribution in [3.63, 3.8) is 0 Å². The normalized spacial score (nSPS) is 12.9. The van der Waals surface area contributed by atoms with Gasteiger partial charge in [0.2, 0.25) is 0 Å². The van der Waals surface area contributed by atoms with Gasteiger partial charge in [-0.25, -0.2) is 4.79 Å². The predicted octanol–water partition coefficient (Wildman–Crippen LogP) is 0.906. The summed E-state index contributed by atoms with van der Waals surface area (Å²) in [4.78, 5) is 16.7. The van der Waals surface area contributed by atoms with E-state index >= 15 is 0 Å². The first-order valence-corrected chi connectivity index (χ1v) is 6.84. The molecule has 20 heavy (non-hydrogen) atoms. The fraction of sp³-hybridized carbons (Fsp3) is 0.500. The maximum absolute atomic E-state index is 11.2. The number of aliphatic hydroxyl groups excluding tert-OH is 1. The third-order valence-electron chi connectivity index (χ3n) is 3.19. The molecule has 6 nitrogen and oxygen atoms in total. The summed E-state index contributed by atoms with van der Waals surface area (Å²) >= 11 is 0. The van der Waals surface area contributed by atoms with Crippen molar-refractivity contribution in [2.45, 2.75) is 19.4 Å². The monoisotopic (exact) mass is 279 g/mol. The lowest BCUT2D eigenvalue weighted by Crippen LogP contribution is -2.21. The number of imidazole rings is 1. The summed E-state index contributed by atoms with van der Waals surface area (Å²) in [6, 6.07) is 6.10. The molecule has 0 radical (unpaired) electrons. The fourth-order valence-electron chi connectivity index (χ4n) is 2.10. The van der Waals surface area contributed by atoms with Crippen LogP contribution in [-0.2, 0) is 4.74 Å². The highest BCUT2D eigenvalue weighted by molar-refractivity contribution is 5.75. The van der Waals surface area contributed by atoms with Crippen LogP contribution < -0.4 is 11.0 Å². The van der Waals surface area contributed by atoms with E-state index in [0.717, 1.165) is 29.6 Å². The van der Waals surface area contributed by atoms with Gasteiger partial charge >= 0.3 is 5.69 Å². The van der Waals surface area contributed by atoms with E-state index in [9.17, 15) is 4.79 Å². The molecule has 0 saturated carbocycles. The van der Waals surface area contributed by atoms with Gasteiger partial charge in [-0.15, -0.1) is 0 Å². The average Bonchev–Trinajstić information content (AvgIpc) is 2.81. The number of hydrogen-bond donors (Lipinski definition) is 4. The molecule has 4 N–H and O–H groups in total. The third-order valence-corrected chi connectivity index (χ3v) is 3.19. The Kier molecular flexibility index (Phi) is 5.34. The lowest BCUT2D eigenvalue weighted by atomic mass is 10.1. The van der Waals surface area contributed by atoms with Crippen LogP contribution in [0, 0.1) is 0 Å². The number of rotatable bonds is 8. The second-order valence-corrected chi connectivity index (χ2v) is 4.75. The topological polar surface area (TPSA) is 90.1 Å². The van der Waals surface area contributed by atoms with Gasteiger partial charge in [0.05, 0.1) is 24.2 Å². The van der Waals surface area contributed by atoms with Crippen LogP contribution in [-0.4, -0.2) is 41.4 Å². The zero-order chi connectivity index (χ0) is 14.4. The average molecular weight is 279 g/mol. The second-order valence-electron chi connectivity index (χ2n) is 4.75. The first kappa shape index (κ1) is 14.8. The summed E-state index contributed by atoms with van der Waals surface area (Å²) in [5.41, 5.74) is 2.60. The molecule has 1 aromatic heterocycles. The molecule has 6 heteroatoms. The van der Waals surface area contributed by atoms with Crippen molar-refractivity contribution in [3.8, 4) is 0 Å². The smallest absolute Gasteiger partial charge is 0.323 e.